The molecule has 4 rings (SSSR count). The van der Waals surface area contributed by atoms with Gasteiger partial charge in [-0.05, 0) is 61.5 Å². The number of amides is 1. The summed E-state index contributed by atoms with van der Waals surface area (Å²) < 4.78 is 1.10. The van der Waals surface area contributed by atoms with Crippen molar-refractivity contribution in [1.29, 1.82) is 0 Å². The highest BCUT2D eigenvalue weighted by molar-refractivity contribution is 8.18. The molecule has 0 atom stereocenters. The Hall–Kier alpha value is -2.64. The molecule has 1 amide bonds. The highest BCUT2D eigenvalue weighted by Crippen LogP contribution is 2.35. The number of rotatable bonds is 5. The number of aliphatic imine (C=N–C) groups is 1. The number of likely N-dealkylation sites (N-methyl/N-ethyl adjacent to an activating group) is 1. The van der Waals surface area contributed by atoms with Crippen molar-refractivity contribution in [3.05, 3.63) is 71.4 Å². The van der Waals surface area contributed by atoms with Crippen molar-refractivity contribution in [1.82, 2.24) is 14.8 Å². The van der Waals surface area contributed by atoms with Crippen molar-refractivity contribution in [2.24, 2.45) is 4.99 Å². The van der Waals surface area contributed by atoms with E-state index in [1.807, 2.05) is 60.8 Å². The molecule has 0 aliphatic carbocycles. The summed E-state index contributed by atoms with van der Waals surface area (Å²) in [6.07, 6.45) is 12.9. The number of carbonyl (C=O) groups excluding carboxylic acids is 1. The van der Waals surface area contributed by atoms with Crippen molar-refractivity contribution in [2.75, 3.05) is 13.1 Å². The zero-order chi connectivity index (χ0) is 20.2. The number of aromatic nitrogens is 1. The van der Waals surface area contributed by atoms with Gasteiger partial charge < -0.3 is 4.90 Å². The molecule has 0 spiro atoms. The molecule has 0 bridgehead atoms. The number of allylic oxidation sites excluding steroid dienone is 5. The zero-order valence-corrected chi connectivity index (χ0v) is 18.0. The Morgan fingerprint density at radius 3 is 2.83 bits per heavy atom. The van der Waals surface area contributed by atoms with Crippen molar-refractivity contribution >= 4 is 49.5 Å². The summed E-state index contributed by atoms with van der Waals surface area (Å²) in [7, 11) is 0. The fraction of sp³-hybridized carbons (Fsp3) is 0.227. The van der Waals surface area contributed by atoms with Crippen molar-refractivity contribution in [3.8, 4) is 0 Å². The number of thiazole rings is 1. The van der Waals surface area contributed by atoms with E-state index in [2.05, 4.69) is 23.7 Å². The van der Waals surface area contributed by atoms with Crippen LogP contribution < -0.4 is 0 Å². The standard InChI is InChI=1S/C22H22N4OS2/c1-3-14-26-20(27)19(13-12-16-9-7-8-15-25(16)4-2)29-22(26)24-21-23-17-10-5-6-11-18(17)28-21/h5-13,15H,3-4,14H2,1-2H3/b16-12+,19-13+,24-22?. The first kappa shape index (κ1) is 19.7. The average molecular weight is 423 g/mol. The van der Waals surface area contributed by atoms with Crippen LogP contribution in [0.3, 0.4) is 0 Å². The van der Waals surface area contributed by atoms with Crippen LogP contribution in [0.1, 0.15) is 20.3 Å². The smallest absolute Gasteiger partial charge is 0.266 e. The third-order valence-electron chi connectivity index (χ3n) is 4.53. The minimum absolute atomic E-state index is 0.00643. The molecule has 5 nitrogen and oxygen atoms in total. The topological polar surface area (TPSA) is 48.8 Å². The first-order valence-electron chi connectivity index (χ1n) is 9.67. The average Bonchev–Trinajstić information content (AvgIpc) is 3.28. The van der Waals surface area contributed by atoms with E-state index in [1.165, 1.54) is 11.8 Å². The number of hydrogen-bond donors (Lipinski definition) is 0. The number of nitrogens with zero attached hydrogens (tertiary/aromatic N) is 4. The van der Waals surface area contributed by atoms with Gasteiger partial charge in [0.15, 0.2) is 5.17 Å². The molecule has 1 aromatic carbocycles. The molecule has 2 aliphatic rings. The number of para-hydroxylation sites is 1. The first-order valence-corrected chi connectivity index (χ1v) is 11.3. The molecule has 29 heavy (non-hydrogen) atoms. The van der Waals surface area contributed by atoms with E-state index >= 15 is 0 Å². The molecule has 0 radical (unpaired) electrons. The molecule has 7 heteroatoms. The molecule has 2 aliphatic heterocycles. The van der Waals surface area contributed by atoms with Gasteiger partial charge in [-0.15, -0.1) is 0 Å². The van der Waals surface area contributed by atoms with E-state index in [0.717, 1.165) is 28.9 Å². The maximum atomic E-state index is 13.0. The molecule has 0 unspecified atom stereocenters. The van der Waals surface area contributed by atoms with Gasteiger partial charge in [0.25, 0.3) is 5.91 Å². The molecule has 1 aromatic heterocycles. The number of fused-ring (bicyclic) bond motifs is 1. The molecule has 2 aromatic rings. The van der Waals surface area contributed by atoms with Gasteiger partial charge in [-0.2, -0.15) is 4.99 Å². The van der Waals surface area contributed by atoms with Crippen LogP contribution >= 0.6 is 23.1 Å². The van der Waals surface area contributed by atoms with Crippen LogP contribution in [0.15, 0.2) is 76.4 Å². The van der Waals surface area contributed by atoms with Gasteiger partial charge in [0, 0.05) is 25.0 Å². The number of amidine groups is 1. The van der Waals surface area contributed by atoms with E-state index in [0.29, 0.717) is 21.7 Å². The maximum absolute atomic E-state index is 13.0. The van der Waals surface area contributed by atoms with Gasteiger partial charge in [0.05, 0.1) is 15.1 Å². The van der Waals surface area contributed by atoms with E-state index in [4.69, 9.17) is 4.99 Å². The first-order chi connectivity index (χ1) is 14.2. The van der Waals surface area contributed by atoms with Gasteiger partial charge in [-0.1, -0.05) is 36.5 Å². The van der Waals surface area contributed by atoms with Crippen molar-refractivity contribution < 1.29 is 4.79 Å². The van der Waals surface area contributed by atoms with Crippen molar-refractivity contribution in [3.63, 3.8) is 0 Å². The van der Waals surface area contributed by atoms with Crippen molar-refractivity contribution in [2.45, 2.75) is 20.3 Å². The summed E-state index contributed by atoms with van der Waals surface area (Å²) in [6.45, 7) is 5.69. The highest BCUT2D eigenvalue weighted by Gasteiger charge is 2.32. The molecular formula is C22H22N4OS2. The SMILES string of the molecule is CCCN1C(=O)/C(=C\C=C2/C=CC=CN2CC)SC1=Nc1nc2ccccc2s1. The number of carbonyl (C=O) groups is 1. The van der Waals surface area contributed by atoms with Crippen LogP contribution in [-0.2, 0) is 4.79 Å². The summed E-state index contributed by atoms with van der Waals surface area (Å²) in [4.78, 5) is 26.8. The Labute approximate surface area is 178 Å². The zero-order valence-electron chi connectivity index (χ0n) is 16.4. The van der Waals surface area contributed by atoms with E-state index < -0.39 is 0 Å². The van der Waals surface area contributed by atoms with Gasteiger partial charge in [-0.25, -0.2) is 4.98 Å². The van der Waals surface area contributed by atoms with E-state index in [9.17, 15) is 4.79 Å². The Kier molecular flexibility index (Phi) is 5.97. The number of thioether (sulfide) groups is 1. The van der Waals surface area contributed by atoms with Crippen LogP contribution in [-0.4, -0.2) is 38.9 Å². The fourth-order valence-electron chi connectivity index (χ4n) is 3.11. The third kappa shape index (κ3) is 4.21. The van der Waals surface area contributed by atoms with Gasteiger partial charge in [0.2, 0.25) is 5.13 Å². The minimum Gasteiger partial charge on any atom is -0.348 e. The summed E-state index contributed by atoms with van der Waals surface area (Å²) in [5, 5.41) is 1.38. The predicted octanol–water partition coefficient (Wildman–Crippen LogP) is 5.44. The summed E-state index contributed by atoms with van der Waals surface area (Å²) in [5.74, 6) is 0.00643. The molecule has 0 N–H and O–H groups in total. The summed E-state index contributed by atoms with van der Waals surface area (Å²) >= 11 is 2.96. The summed E-state index contributed by atoms with van der Waals surface area (Å²) in [5.41, 5.74) is 2.00. The Bertz CT molecular complexity index is 1040. The second kappa shape index (κ2) is 8.80. The Morgan fingerprint density at radius 2 is 2.03 bits per heavy atom. The lowest BCUT2D eigenvalue weighted by Gasteiger charge is -2.21. The van der Waals surface area contributed by atoms with Crippen LogP contribution in [0.4, 0.5) is 5.13 Å². The van der Waals surface area contributed by atoms with Crippen LogP contribution in [0.2, 0.25) is 0 Å². The monoisotopic (exact) mass is 422 g/mol. The molecule has 0 saturated carbocycles. The fourth-order valence-corrected chi connectivity index (χ4v) is 4.95. The second-order valence-corrected chi connectivity index (χ2v) is 8.54. The molecule has 1 saturated heterocycles. The van der Waals surface area contributed by atoms with Gasteiger partial charge in [-0.3, -0.25) is 9.69 Å². The van der Waals surface area contributed by atoms with E-state index in [-0.39, 0.29) is 5.91 Å². The summed E-state index contributed by atoms with van der Waals surface area (Å²) in [6, 6.07) is 7.99. The number of hydrogen-bond acceptors (Lipinski definition) is 6. The van der Waals surface area contributed by atoms with Crippen LogP contribution in [0, 0.1) is 0 Å². The highest BCUT2D eigenvalue weighted by atomic mass is 32.2. The number of benzene rings is 1. The Balaban J connectivity index is 1.64. The lowest BCUT2D eigenvalue weighted by Crippen LogP contribution is -2.29. The lowest BCUT2D eigenvalue weighted by atomic mass is 10.2. The lowest BCUT2D eigenvalue weighted by molar-refractivity contribution is -0.122. The normalized spacial score (nSPS) is 20.9. The predicted molar refractivity (Wildman–Crippen MR) is 123 cm³/mol. The molecule has 1 fully saturated rings. The minimum atomic E-state index is 0.00643. The van der Waals surface area contributed by atoms with Crippen LogP contribution in [0.5, 0.6) is 0 Å². The Morgan fingerprint density at radius 1 is 1.17 bits per heavy atom. The molecule has 3 heterocycles. The third-order valence-corrected chi connectivity index (χ3v) is 6.49. The molecule has 148 valence electrons. The largest absolute Gasteiger partial charge is 0.348 e. The van der Waals surface area contributed by atoms with E-state index in [1.54, 1.807) is 16.2 Å². The second-order valence-electron chi connectivity index (χ2n) is 6.53. The maximum Gasteiger partial charge on any atom is 0.266 e. The van der Waals surface area contributed by atoms with Crippen LogP contribution in [0.25, 0.3) is 10.2 Å². The molecular weight excluding hydrogens is 400 g/mol. The quantitative estimate of drug-likeness (QED) is 0.602. The van der Waals surface area contributed by atoms with Gasteiger partial charge in [0.1, 0.15) is 0 Å². The van der Waals surface area contributed by atoms with Gasteiger partial charge >= 0.3 is 0 Å².